The molecule has 1 saturated heterocycles. The number of likely N-dealkylation sites (tertiary alicyclic amines) is 1. The second-order valence-electron chi connectivity index (χ2n) is 9.22. The number of aromatic amines is 1. The van der Waals surface area contributed by atoms with Gasteiger partial charge in [0.2, 0.25) is 0 Å². The van der Waals surface area contributed by atoms with Crippen molar-refractivity contribution in [3.05, 3.63) is 64.3 Å². The Labute approximate surface area is 211 Å². The number of halogens is 1. The number of nitrogens with zero attached hydrogens (tertiary/aromatic N) is 2. The molecule has 3 aromatic rings. The molecule has 3 heterocycles. The van der Waals surface area contributed by atoms with Crippen LogP contribution in [-0.2, 0) is 11.2 Å². The smallest absolute Gasteiger partial charge is 0.411 e. The number of hydrogen-bond donors (Lipinski definition) is 1. The molecule has 2 aliphatic rings. The van der Waals surface area contributed by atoms with Crippen molar-refractivity contribution in [3.63, 3.8) is 0 Å². The SMILES string of the molecule is CC#CCOC(=O)N1CCc2c([nH]c3ccc(Cl)cc23)[C@@H]1c1ccc(OC2CCN(C)CC2)cc1. The van der Waals surface area contributed by atoms with Gasteiger partial charge >= 0.3 is 6.09 Å². The summed E-state index contributed by atoms with van der Waals surface area (Å²) in [5, 5.41) is 1.80. The summed E-state index contributed by atoms with van der Waals surface area (Å²) in [5.41, 5.74) is 4.20. The number of nitrogens with one attached hydrogen (secondary N) is 1. The van der Waals surface area contributed by atoms with Gasteiger partial charge < -0.3 is 19.4 Å². The van der Waals surface area contributed by atoms with E-state index < -0.39 is 0 Å². The van der Waals surface area contributed by atoms with Crippen LogP contribution in [0.15, 0.2) is 42.5 Å². The number of amides is 1. The first-order valence-corrected chi connectivity index (χ1v) is 12.5. The van der Waals surface area contributed by atoms with E-state index in [4.69, 9.17) is 21.1 Å². The van der Waals surface area contributed by atoms with Gasteiger partial charge in [-0.3, -0.25) is 4.90 Å². The molecule has 1 amide bonds. The number of rotatable bonds is 4. The van der Waals surface area contributed by atoms with Crippen LogP contribution in [0.4, 0.5) is 4.79 Å². The summed E-state index contributed by atoms with van der Waals surface area (Å²) in [6.45, 7) is 4.46. The van der Waals surface area contributed by atoms with Crippen LogP contribution in [0.2, 0.25) is 5.02 Å². The molecule has 1 fully saturated rings. The van der Waals surface area contributed by atoms with Crippen molar-refractivity contribution in [3.8, 4) is 17.6 Å². The molecular weight excluding hydrogens is 462 g/mol. The Kier molecular flexibility index (Phi) is 6.90. The number of aromatic nitrogens is 1. The number of carbonyl (C=O) groups excluding carboxylic acids is 1. The number of ether oxygens (including phenoxy) is 2. The molecule has 35 heavy (non-hydrogen) atoms. The fourth-order valence-electron chi connectivity index (χ4n) is 5.08. The van der Waals surface area contributed by atoms with E-state index in [0.717, 1.165) is 60.3 Å². The highest BCUT2D eigenvalue weighted by Crippen LogP contribution is 2.40. The van der Waals surface area contributed by atoms with E-state index in [1.807, 2.05) is 30.3 Å². The molecule has 2 aliphatic heterocycles. The molecule has 2 aromatic carbocycles. The first-order chi connectivity index (χ1) is 17.0. The predicted molar refractivity (Wildman–Crippen MR) is 138 cm³/mol. The Bertz CT molecular complexity index is 1270. The Balaban J connectivity index is 1.45. The quantitative estimate of drug-likeness (QED) is 0.496. The monoisotopic (exact) mass is 491 g/mol. The Morgan fingerprint density at radius 3 is 2.66 bits per heavy atom. The predicted octanol–water partition coefficient (Wildman–Crippen LogP) is 5.40. The van der Waals surface area contributed by atoms with E-state index in [1.54, 1.807) is 11.8 Å². The van der Waals surface area contributed by atoms with Gasteiger partial charge in [0.25, 0.3) is 0 Å². The lowest BCUT2D eigenvalue weighted by molar-refractivity contribution is 0.0992. The number of hydrogen-bond acceptors (Lipinski definition) is 4. The number of benzene rings is 2. The van der Waals surface area contributed by atoms with Crippen molar-refractivity contribution in [2.45, 2.75) is 38.3 Å². The second-order valence-corrected chi connectivity index (χ2v) is 9.66. The topological polar surface area (TPSA) is 57.8 Å². The highest BCUT2D eigenvalue weighted by Gasteiger charge is 2.35. The molecule has 6 nitrogen and oxygen atoms in total. The van der Waals surface area contributed by atoms with Crippen LogP contribution in [-0.4, -0.2) is 60.3 Å². The largest absolute Gasteiger partial charge is 0.490 e. The molecule has 0 bridgehead atoms. The number of carbonyl (C=O) groups is 1. The summed E-state index contributed by atoms with van der Waals surface area (Å²) in [5.74, 6) is 6.43. The zero-order valence-electron chi connectivity index (χ0n) is 20.1. The number of fused-ring (bicyclic) bond motifs is 3. The molecule has 1 N–H and O–H groups in total. The third-order valence-electron chi connectivity index (χ3n) is 6.93. The van der Waals surface area contributed by atoms with E-state index in [2.05, 4.69) is 40.9 Å². The van der Waals surface area contributed by atoms with Crippen LogP contribution in [0, 0.1) is 11.8 Å². The van der Waals surface area contributed by atoms with Crippen molar-refractivity contribution >= 4 is 28.6 Å². The fourth-order valence-corrected chi connectivity index (χ4v) is 5.25. The van der Waals surface area contributed by atoms with Gasteiger partial charge in [0.1, 0.15) is 17.9 Å². The minimum Gasteiger partial charge on any atom is -0.490 e. The maximum absolute atomic E-state index is 13.1. The minimum atomic E-state index is -0.369. The normalized spacial score (nSPS) is 18.6. The molecule has 7 heteroatoms. The van der Waals surface area contributed by atoms with Crippen molar-refractivity contribution in [2.75, 3.05) is 33.3 Å². The second kappa shape index (κ2) is 10.2. The molecule has 0 unspecified atom stereocenters. The fraction of sp³-hybridized carbons (Fsp3) is 0.393. The van der Waals surface area contributed by atoms with Crippen molar-refractivity contribution in [2.24, 2.45) is 0 Å². The van der Waals surface area contributed by atoms with E-state index in [1.165, 1.54) is 5.56 Å². The van der Waals surface area contributed by atoms with Gasteiger partial charge in [0.15, 0.2) is 6.61 Å². The number of piperidine rings is 1. The molecule has 5 rings (SSSR count). The highest BCUT2D eigenvalue weighted by molar-refractivity contribution is 6.31. The minimum absolute atomic E-state index is 0.0804. The van der Waals surface area contributed by atoms with Gasteiger partial charge in [-0.15, -0.1) is 5.92 Å². The molecule has 182 valence electrons. The third-order valence-corrected chi connectivity index (χ3v) is 7.17. The summed E-state index contributed by atoms with van der Waals surface area (Å²) in [6, 6.07) is 13.7. The Morgan fingerprint density at radius 1 is 1.14 bits per heavy atom. The lowest BCUT2D eigenvalue weighted by Crippen LogP contribution is -2.41. The highest BCUT2D eigenvalue weighted by atomic mass is 35.5. The molecule has 0 spiro atoms. The lowest BCUT2D eigenvalue weighted by atomic mass is 9.92. The zero-order valence-corrected chi connectivity index (χ0v) is 20.9. The molecular formula is C28H30ClN3O3. The van der Waals surface area contributed by atoms with Gasteiger partial charge in [0, 0.05) is 41.3 Å². The van der Waals surface area contributed by atoms with Crippen LogP contribution in [0.1, 0.15) is 42.6 Å². The van der Waals surface area contributed by atoms with Crippen LogP contribution < -0.4 is 4.74 Å². The summed E-state index contributed by atoms with van der Waals surface area (Å²) in [6.07, 6.45) is 2.65. The molecule has 1 aromatic heterocycles. The first-order valence-electron chi connectivity index (χ1n) is 12.1. The summed E-state index contributed by atoms with van der Waals surface area (Å²) in [7, 11) is 2.15. The lowest BCUT2D eigenvalue weighted by Gasteiger charge is -2.35. The van der Waals surface area contributed by atoms with Crippen molar-refractivity contribution in [1.29, 1.82) is 0 Å². The Hall–Kier alpha value is -3.14. The Morgan fingerprint density at radius 2 is 1.91 bits per heavy atom. The van der Waals surface area contributed by atoms with Gasteiger partial charge in [0.05, 0.1) is 0 Å². The standard InChI is InChI=1S/C28H30ClN3O3/c1-3-4-17-34-28(33)32-16-13-23-24-18-20(29)7-10-25(24)30-26(23)27(32)19-5-8-21(9-6-19)35-22-11-14-31(2)15-12-22/h5-10,18,22,27,30H,11-17H2,1-2H3/t27-/m0/s1. The summed E-state index contributed by atoms with van der Waals surface area (Å²) < 4.78 is 11.7. The van der Waals surface area contributed by atoms with Crippen LogP contribution in [0.5, 0.6) is 5.75 Å². The average molecular weight is 492 g/mol. The maximum Gasteiger partial charge on any atom is 0.411 e. The van der Waals surface area contributed by atoms with Crippen LogP contribution >= 0.6 is 11.6 Å². The summed E-state index contributed by atoms with van der Waals surface area (Å²) >= 11 is 6.30. The molecule has 0 saturated carbocycles. The van der Waals surface area contributed by atoms with E-state index >= 15 is 0 Å². The molecule has 0 aliphatic carbocycles. The van der Waals surface area contributed by atoms with E-state index in [9.17, 15) is 4.79 Å². The van der Waals surface area contributed by atoms with E-state index in [0.29, 0.717) is 11.6 Å². The maximum atomic E-state index is 13.1. The molecule has 0 radical (unpaired) electrons. The zero-order chi connectivity index (χ0) is 24.4. The van der Waals surface area contributed by atoms with Crippen LogP contribution in [0.25, 0.3) is 10.9 Å². The van der Waals surface area contributed by atoms with Crippen molar-refractivity contribution in [1.82, 2.24) is 14.8 Å². The number of H-pyrrole nitrogens is 1. The van der Waals surface area contributed by atoms with Gasteiger partial charge in [-0.2, -0.15) is 0 Å². The molecule has 1 atom stereocenters. The van der Waals surface area contributed by atoms with Crippen molar-refractivity contribution < 1.29 is 14.3 Å². The van der Waals surface area contributed by atoms with Crippen LogP contribution in [0.3, 0.4) is 0 Å². The third kappa shape index (κ3) is 4.98. The first kappa shape index (κ1) is 23.6. The van der Waals surface area contributed by atoms with Gasteiger partial charge in [-0.25, -0.2) is 4.79 Å². The summed E-state index contributed by atoms with van der Waals surface area (Å²) in [4.78, 5) is 20.7. The van der Waals surface area contributed by atoms with Gasteiger partial charge in [-0.05, 0) is 74.7 Å². The van der Waals surface area contributed by atoms with E-state index in [-0.39, 0.29) is 24.8 Å². The average Bonchev–Trinajstić information content (AvgIpc) is 3.23. The van der Waals surface area contributed by atoms with Gasteiger partial charge in [-0.1, -0.05) is 29.7 Å².